The molecule has 7 nitrogen and oxygen atoms in total. The number of hydrogen-bond acceptors (Lipinski definition) is 5. The molecule has 0 saturated carbocycles. The minimum Gasteiger partial charge on any atom is -0.363 e. The molecule has 9 heteroatoms. The number of thiazole rings is 1. The van der Waals surface area contributed by atoms with E-state index >= 15 is 0 Å². The summed E-state index contributed by atoms with van der Waals surface area (Å²) in [6.07, 6.45) is 2.48. The Balaban J connectivity index is 1.97. The van der Waals surface area contributed by atoms with Crippen LogP contribution in [0.3, 0.4) is 0 Å². The molecule has 2 rings (SSSR count). The quantitative estimate of drug-likeness (QED) is 0.536. The Kier molecular flexibility index (Phi) is 5.34. The molecule has 21 heavy (non-hydrogen) atoms. The summed E-state index contributed by atoms with van der Waals surface area (Å²) < 4.78 is 26.7. The first-order valence-electron chi connectivity index (χ1n) is 6.55. The molecule has 0 amide bonds. The van der Waals surface area contributed by atoms with Gasteiger partial charge in [-0.15, -0.1) is 0 Å². The van der Waals surface area contributed by atoms with Crippen LogP contribution in [0.1, 0.15) is 24.7 Å². The topological polar surface area (TPSA) is 107 Å². The van der Waals surface area contributed by atoms with Gasteiger partial charge in [0.1, 0.15) is 0 Å². The van der Waals surface area contributed by atoms with Crippen LogP contribution in [0, 0.1) is 0 Å². The van der Waals surface area contributed by atoms with E-state index in [0.717, 1.165) is 30.0 Å². The molecule has 0 bridgehead atoms. The van der Waals surface area contributed by atoms with Crippen LogP contribution in [0.5, 0.6) is 0 Å². The highest BCUT2D eigenvalue weighted by Crippen LogP contribution is 2.11. The van der Waals surface area contributed by atoms with Crippen molar-refractivity contribution in [3.8, 4) is 0 Å². The summed E-state index contributed by atoms with van der Waals surface area (Å²) in [6, 6.07) is 1.60. The monoisotopic (exact) mass is 330 g/mol. The highest BCUT2D eigenvalue weighted by Gasteiger charge is 2.16. The molecule has 0 fully saturated rings. The van der Waals surface area contributed by atoms with E-state index in [0.29, 0.717) is 12.2 Å². The maximum Gasteiger partial charge on any atom is 0.304 e. The van der Waals surface area contributed by atoms with Crippen LogP contribution in [0.15, 0.2) is 27.3 Å². The summed E-state index contributed by atoms with van der Waals surface area (Å²) in [5.41, 5.74) is 1.36. The van der Waals surface area contributed by atoms with E-state index in [2.05, 4.69) is 26.9 Å². The molecule has 0 atom stereocenters. The van der Waals surface area contributed by atoms with Crippen molar-refractivity contribution in [2.45, 2.75) is 31.3 Å². The summed E-state index contributed by atoms with van der Waals surface area (Å²) in [5.74, 6) is 0. The Bertz CT molecular complexity index is 730. The summed E-state index contributed by atoms with van der Waals surface area (Å²) in [5, 5.41) is 4.79. The number of H-pyrrole nitrogens is 2. The van der Waals surface area contributed by atoms with E-state index in [1.807, 2.05) is 0 Å². The van der Waals surface area contributed by atoms with E-state index < -0.39 is 10.0 Å². The first-order chi connectivity index (χ1) is 10.0. The van der Waals surface area contributed by atoms with Gasteiger partial charge < -0.3 is 15.3 Å². The molecular weight excluding hydrogens is 312 g/mol. The van der Waals surface area contributed by atoms with E-state index in [1.54, 1.807) is 11.4 Å². The number of rotatable bonds is 8. The fourth-order valence-electron chi connectivity index (χ4n) is 1.73. The van der Waals surface area contributed by atoms with Crippen molar-refractivity contribution >= 4 is 21.4 Å². The zero-order valence-corrected chi connectivity index (χ0v) is 13.2. The van der Waals surface area contributed by atoms with Gasteiger partial charge in [-0.3, -0.25) is 4.79 Å². The third-order valence-electron chi connectivity index (χ3n) is 2.79. The number of hydrogen-bond donors (Lipinski definition) is 4. The molecular formula is C12H18N4O3S2. The maximum absolute atomic E-state index is 12.1. The average molecular weight is 330 g/mol. The van der Waals surface area contributed by atoms with Gasteiger partial charge in [0.2, 0.25) is 10.0 Å². The summed E-state index contributed by atoms with van der Waals surface area (Å²) in [6.45, 7) is 3.61. The van der Waals surface area contributed by atoms with Crippen molar-refractivity contribution in [3.63, 3.8) is 0 Å². The van der Waals surface area contributed by atoms with Crippen molar-refractivity contribution in [3.05, 3.63) is 38.7 Å². The molecule has 2 heterocycles. The summed E-state index contributed by atoms with van der Waals surface area (Å²) in [7, 11) is -3.59. The van der Waals surface area contributed by atoms with Gasteiger partial charge >= 0.3 is 4.87 Å². The molecule has 116 valence electrons. The second-order valence-electron chi connectivity index (χ2n) is 4.54. The summed E-state index contributed by atoms with van der Waals surface area (Å²) in [4.78, 5) is 16.5. The Morgan fingerprint density at radius 3 is 2.76 bits per heavy atom. The molecule has 0 aromatic carbocycles. The SMILES string of the molecule is CCCNCc1cc(S(=O)(=O)NCc2csc(=O)[nH]2)c[nH]1. The minimum atomic E-state index is -3.59. The Morgan fingerprint density at radius 2 is 2.10 bits per heavy atom. The van der Waals surface area contributed by atoms with Crippen LogP contribution in [-0.2, 0) is 23.1 Å². The predicted octanol–water partition coefficient (Wildman–Crippen LogP) is 0.743. The first-order valence-corrected chi connectivity index (χ1v) is 8.92. The van der Waals surface area contributed by atoms with Gasteiger partial charge in [0.25, 0.3) is 0 Å². The normalized spacial score (nSPS) is 11.9. The van der Waals surface area contributed by atoms with Crippen LogP contribution in [0.4, 0.5) is 0 Å². The number of aromatic nitrogens is 2. The first kappa shape index (κ1) is 16.0. The third-order valence-corrected chi connectivity index (χ3v) is 4.89. The molecule has 0 saturated heterocycles. The van der Waals surface area contributed by atoms with Crippen LogP contribution in [0.25, 0.3) is 0 Å². The number of sulfonamides is 1. The Labute approximate surface area is 126 Å². The minimum absolute atomic E-state index is 0.0652. The lowest BCUT2D eigenvalue weighted by molar-refractivity contribution is 0.580. The zero-order valence-electron chi connectivity index (χ0n) is 11.6. The van der Waals surface area contributed by atoms with Gasteiger partial charge in [0.15, 0.2) is 0 Å². The van der Waals surface area contributed by atoms with E-state index in [9.17, 15) is 13.2 Å². The second-order valence-corrected chi connectivity index (χ2v) is 7.14. The number of nitrogens with one attached hydrogen (secondary N) is 4. The van der Waals surface area contributed by atoms with Crippen molar-refractivity contribution in [1.82, 2.24) is 20.0 Å². The molecule has 0 unspecified atom stereocenters. The highest BCUT2D eigenvalue weighted by atomic mass is 32.2. The fraction of sp³-hybridized carbons (Fsp3) is 0.417. The zero-order chi connectivity index (χ0) is 15.3. The highest BCUT2D eigenvalue weighted by molar-refractivity contribution is 7.89. The number of aromatic amines is 2. The summed E-state index contributed by atoms with van der Waals surface area (Å²) >= 11 is 1.01. The van der Waals surface area contributed by atoms with Crippen LogP contribution in [0.2, 0.25) is 0 Å². The van der Waals surface area contributed by atoms with E-state index in [-0.39, 0.29) is 16.3 Å². The van der Waals surface area contributed by atoms with Crippen molar-refractivity contribution < 1.29 is 8.42 Å². The van der Waals surface area contributed by atoms with Crippen molar-refractivity contribution in [1.29, 1.82) is 0 Å². The van der Waals surface area contributed by atoms with E-state index in [1.165, 1.54) is 6.20 Å². The fourth-order valence-corrected chi connectivity index (χ4v) is 3.34. The molecule has 0 spiro atoms. The van der Waals surface area contributed by atoms with Gasteiger partial charge in [-0.05, 0) is 19.0 Å². The van der Waals surface area contributed by atoms with Crippen LogP contribution >= 0.6 is 11.3 Å². The second kappa shape index (κ2) is 7.03. The van der Waals surface area contributed by atoms with Gasteiger partial charge in [0, 0.05) is 29.5 Å². The predicted molar refractivity (Wildman–Crippen MR) is 81.8 cm³/mol. The molecule has 0 aliphatic carbocycles. The molecule has 2 aromatic rings. The van der Waals surface area contributed by atoms with Gasteiger partial charge in [-0.1, -0.05) is 18.3 Å². The molecule has 0 aliphatic heterocycles. The Hall–Kier alpha value is -1.42. The molecule has 0 aliphatic rings. The lowest BCUT2D eigenvalue weighted by Crippen LogP contribution is -2.23. The smallest absolute Gasteiger partial charge is 0.304 e. The van der Waals surface area contributed by atoms with Gasteiger partial charge in [-0.25, -0.2) is 13.1 Å². The van der Waals surface area contributed by atoms with Gasteiger partial charge in [-0.2, -0.15) is 0 Å². The van der Waals surface area contributed by atoms with Crippen molar-refractivity contribution in [2.75, 3.05) is 6.54 Å². The molecule has 2 aromatic heterocycles. The maximum atomic E-state index is 12.1. The van der Waals surface area contributed by atoms with Gasteiger partial charge in [0.05, 0.1) is 11.4 Å². The largest absolute Gasteiger partial charge is 0.363 e. The van der Waals surface area contributed by atoms with E-state index in [4.69, 9.17) is 0 Å². The standard InChI is InChI=1S/C12H18N4O3S2/c1-2-3-13-5-9-4-11(7-14-9)21(18,19)15-6-10-8-20-12(17)16-10/h4,7-8,13-15H,2-3,5-6H2,1H3,(H,16,17). The lowest BCUT2D eigenvalue weighted by atomic mass is 10.4. The third kappa shape index (κ3) is 4.53. The van der Waals surface area contributed by atoms with Crippen LogP contribution < -0.4 is 14.9 Å². The van der Waals surface area contributed by atoms with Crippen LogP contribution in [-0.4, -0.2) is 24.9 Å². The molecule has 4 N–H and O–H groups in total. The molecule has 0 radical (unpaired) electrons. The Morgan fingerprint density at radius 1 is 1.29 bits per heavy atom. The lowest BCUT2D eigenvalue weighted by Gasteiger charge is -2.03. The van der Waals surface area contributed by atoms with Crippen molar-refractivity contribution in [2.24, 2.45) is 0 Å². The average Bonchev–Trinajstić information content (AvgIpc) is 3.06.